The van der Waals surface area contributed by atoms with Crippen LogP contribution in [0.5, 0.6) is 0 Å². The van der Waals surface area contributed by atoms with E-state index in [2.05, 4.69) is 38.2 Å². The van der Waals surface area contributed by atoms with Crippen LogP contribution < -0.4 is 0 Å². The molecule has 0 spiro atoms. The van der Waals surface area contributed by atoms with E-state index in [-0.39, 0.29) is 0 Å². The molecule has 0 aromatic heterocycles. The first-order chi connectivity index (χ1) is 11.9. The zero-order valence-electron chi connectivity index (χ0n) is 16.3. The van der Waals surface area contributed by atoms with E-state index >= 15 is 0 Å². The third kappa shape index (κ3) is 11.6. The second kappa shape index (κ2) is 15.6. The minimum atomic E-state index is 0.402. The molecule has 0 fully saturated rings. The van der Waals surface area contributed by atoms with Gasteiger partial charge >= 0.3 is 0 Å². The zero-order chi connectivity index (χ0) is 17.3. The Labute approximate surface area is 150 Å². The molecule has 0 aromatic rings. The molecule has 1 heterocycles. The monoisotopic (exact) mass is 332 g/mol. The molecular formula is C22H40N2. The van der Waals surface area contributed by atoms with E-state index in [1.165, 1.54) is 64.2 Å². The molecule has 1 rings (SSSR count). The van der Waals surface area contributed by atoms with Gasteiger partial charge in [-0.15, -0.1) is 0 Å². The fourth-order valence-corrected chi connectivity index (χ4v) is 3.18. The van der Waals surface area contributed by atoms with Crippen LogP contribution in [0.2, 0.25) is 0 Å². The van der Waals surface area contributed by atoms with Crippen LogP contribution in [-0.4, -0.2) is 12.1 Å². The van der Waals surface area contributed by atoms with E-state index in [4.69, 9.17) is 10.2 Å². The summed E-state index contributed by atoms with van der Waals surface area (Å²) in [6.45, 7) is 4.55. The van der Waals surface area contributed by atoms with E-state index in [0.717, 1.165) is 25.7 Å². The number of unbranched alkanes of at least 4 members (excludes halogenated alkanes) is 6. The summed E-state index contributed by atoms with van der Waals surface area (Å²) in [7, 11) is 0. The molecule has 0 aliphatic carbocycles. The summed E-state index contributed by atoms with van der Waals surface area (Å²) in [5, 5.41) is 9.55. The smallest absolute Gasteiger partial charge is 0.0742 e. The van der Waals surface area contributed by atoms with Gasteiger partial charge in [-0.2, -0.15) is 10.2 Å². The minimum absolute atomic E-state index is 0.402. The fraction of sp³-hybridized carbons (Fsp3) is 0.818. The second-order valence-electron chi connectivity index (χ2n) is 7.23. The van der Waals surface area contributed by atoms with E-state index in [1.807, 2.05) is 0 Å². The van der Waals surface area contributed by atoms with Crippen molar-refractivity contribution in [2.24, 2.45) is 10.2 Å². The summed E-state index contributed by atoms with van der Waals surface area (Å²) in [4.78, 5) is 0. The first kappa shape index (κ1) is 21.1. The Hall–Kier alpha value is -0.920. The average molecular weight is 333 g/mol. The third-order valence-electron chi connectivity index (χ3n) is 4.82. The predicted molar refractivity (Wildman–Crippen MR) is 107 cm³/mol. The summed E-state index contributed by atoms with van der Waals surface area (Å²) < 4.78 is 0. The number of allylic oxidation sites excluding steroid dienone is 2. The third-order valence-corrected chi connectivity index (χ3v) is 4.82. The van der Waals surface area contributed by atoms with Crippen LogP contribution in [0.15, 0.2) is 34.5 Å². The SMILES string of the molecule is CCCCCCC1C/C=C/CC/C=C/CC(CCCCCC)/N=N/1. The van der Waals surface area contributed by atoms with Crippen LogP contribution in [0, 0.1) is 0 Å². The molecule has 2 nitrogen and oxygen atoms in total. The van der Waals surface area contributed by atoms with Gasteiger partial charge in [0.25, 0.3) is 0 Å². The predicted octanol–water partition coefficient (Wildman–Crippen LogP) is 7.80. The molecule has 0 amide bonds. The number of nitrogens with zero attached hydrogens (tertiary/aromatic N) is 2. The molecule has 1 aliphatic heterocycles. The highest BCUT2D eigenvalue weighted by Crippen LogP contribution is 2.17. The van der Waals surface area contributed by atoms with Gasteiger partial charge in [-0.1, -0.05) is 89.5 Å². The Morgan fingerprint density at radius 1 is 0.625 bits per heavy atom. The zero-order valence-corrected chi connectivity index (χ0v) is 16.3. The summed E-state index contributed by atoms with van der Waals surface area (Å²) in [5.74, 6) is 0. The molecule has 0 radical (unpaired) electrons. The van der Waals surface area contributed by atoms with Crippen molar-refractivity contribution in [2.45, 2.75) is 116 Å². The van der Waals surface area contributed by atoms with Gasteiger partial charge in [0, 0.05) is 0 Å². The van der Waals surface area contributed by atoms with Gasteiger partial charge < -0.3 is 0 Å². The molecule has 2 atom stereocenters. The van der Waals surface area contributed by atoms with Gasteiger partial charge in [-0.3, -0.25) is 0 Å². The largest absolute Gasteiger partial charge is 0.190 e. The Balaban J connectivity index is 2.53. The molecular weight excluding hydrogens is 292 g/mol. The number of hydrogen-bond acceptors (Lipinski definition) is 2. The molecule has 0 aromatic carbocycles. The fourth-order valence-electron chi connectivity index (χ4n) is 3.18. The van der Waals surface area contributed by atoms with Crippen molar-refractivity contribution >= 4 is 0 Å². The van der Waals surface area contributed by atoms with Crippen molar-refractivity contribution in [3.05, 3.63) is 24.3 Å². The normalized spacial score (nSPS) is 26.2. The van der Waals surface area contributed by atoms with Crippen LogP contribution >= 0.6 is 0 Å². The number of hydrogen-bond donors (Lipinski definition) is 0. The highest BCUT2D eigenvalue weighted by molar-refractivity contribution is 4.92. The van der Waals surface area contributed by atoms with E-state index in [0.29, 0.717) is 12.1 Å². The molecule has 138 valence electrons. The van der Waals surface area contributed by atoms with Crippen molar-refractivity contribution < 1.29 is 0 Å². The van der Waals surface area contributed by atoms with E-state index in [9.17, 15) is 0 Å². The first-order valence-corrected chi connectivity index (χ1v) is 10.6. The summed E-state index contributed by atoms with van der Waals surface area (Å²) in [5.41, 5.74) is 0. The lowest BCUT2D eigenvalue weighted by Gasteiger charge is -2.13. The average Bonchev–Trinajstić information content (AvgIpc) is 2.59. The standard InChI is InChI=1S/C22H40N2/c1-3-5-7-13-17-21-19-15-11-9-10-12-16-20-22(24-23-21)18-14-8-6-4-2/h11-12,15-16,21-22H,3-10,13-14,17-20H2,1-2H3/b15-11+,16-12+,24-23+. The van der Waals surface area contributed by atoms with Crippen molar-refractivity contribution in [3.8, 4) is 0 Å². The van der Waals surface area contributed by atoms with Crippen molar-refractivity contribution in [2.75, 3.05) is 0 Å². The van der Waals surface area contributed by atoms with Gasteiger partial charge in [0.15, 0.2) is 0 Å². The highest BCUT2D eigenvalue weighted by atomic mass is 15.1. The van der Waals surface area contributed by atoms with Crippen LogP contribution in [0.3, 0.4) is 0 Å². The Morgan fingerprint density at radius 2 is 1.08 bits per heavy atom. The summed E-state index contributed by atoms with van der Waals surface area (Å²) in [6.07, 6.45) is 26.8. The summed E-state index contributed by atoms with van der Waals surface area (Å²) >= 11 is 0. The van der Waals surface area contributed by atoms with Crippen molar-refractivity contribution in [1.29, 1.82) is 0 Å². The number of azo groups is 1. The van der Waals surface area contributed by atoms with Crippen molar-refractivity contribution in [1.82, 2.24) is 0 Å². The first-order valence-electron chi connectivity index (χ1n) is 10.6. The lowest BCUT2D eigenvalue weighted by atomic mass is 10.0. The molecule has 24 heavy (non-hydrogen) atoms. The maximum atomic E-state index is 4.77. The molecule has 2 unspecified atom stereocenters. The van der Waals surface area contributed by atoms with Crippen LogP contribution in [-0.2, 0) is 0 Å². The number of rotatable bonds is 10. The summed E-state index contributed by atoms with van der Waals surface area (Å²) in [6, 6.07) is 0.805. The molecule has 0 saturated carbocycles. The molecule has 0 saturated heterocycles. The molecule has 0 bridgehead atoms. The Kier molecular flexibility index (Phi) is 13.7. The molecule has 2 heteroatoms. The van der Waals surface area contributed by atoms with Crippen LogP contribution in [0.1, 0.15) is 104 Å². The van der Waals surface area contributed by atoms with E-state index in [1.54, 1.807) is 0 Å². The topological polar surface area (TPSA) is 24.7 Å². The Bertz CT molecular complexity index is 323. The van der Waals surface area contributed by atoms with Gasteiger partial charge in [0.1, 0.15) is 0 Å². The van der Waals surface area contributed by atoms with Crippen LogP contribution in [0.4, 0.5) is 0 Å². The van der Waals surface area contributed by atoms with Gasteiger partial charge in [0.05, 0.1) is 12.1 Å². The van der Waals surface area contributed by atoms with Gasteiger partial charge in [0.2, 0.25) is 0 Å². The lowest BCUT2D eigenvalue weighted by Crippen LogP contribution is -2.07. The molecule has 0 N–H and O–H groups in total. The van der Waals surface area contributed by atoms with Crippen molar-refractivity contribution in [3.63, 3.8) is 0 Å². The van der Waals surface area contributed by atoms with Crippen LogP contribution in [0.25, 0.3) is 0 Å². The van der Waals surface area contributed by atoms with Gasteiger partial charge in [-0.25, -0.2) is 0 Å². The Morgan fingerprint density at radius 3 is 1.50 bits per heavy atom. The van der Waals surface area contributed by atoms with Gasteiger partial charge in [-0.05, 0) is 38.5 Å². The highest BCUT2D eigenvalue weighted by Gasteiger charge is 2.09. The maximum Gasteiger partial charge on any atom is 0.0742 e. The lowest BCUT2D eigenvalue weighted by molar-refractivity contribution is 0.488. The van der Waals surface area contributed by atoms with E-state index < -0.39 is 0 Å². The molecule has 1 aliphatic rings. The quantitative estimate of drug-likeness (QED) is 0.288. The second-order valence-corrected chi connectivity index (χ2v) is 7.23. The maximum absolute atomic E-state index is 4.77. The minimum Gasteiger partial charge on any atom is -0.190 e.